The number of fused-ring (bicyclic) bond motifs is 1. The van der Waals surface area contributed by atoms with Crippen LogP contribution in [0, 0.1) is 5.82 Å². The van der Waals surface area contributed by atoms with Crippen LogP contribution in [0.1, 0.15) is 12.5 Å². The van der Waals surface area contributed by atoms with E-state index in [-0.39, 0.29) is 24.1 Å². The number of amides is 2. The topological polar surface area (TPSA) is 85.2 Å². The number of methoxy groups -OCH3 is 1. The molecule has 2 N–H and O–H groups in total. The molecule has 1 unspecified atom stereocenters. The van der Waals surface area contributed by atoms with E-state index in [4.69, 9.17) is 4.74 Å². The maximum atomic E-state index is 13.0. The van der Waals surface area contributed by atoms with Crippen molar-refractivity contribution in [3.8, 4) is 16.9 Å². The summed E-state index contributed by atoms with van der Waals surface area (Å²) < 4.78 is 19.6. The highest BCUT2D eigenvalue weighted by molar-refractivity contribution is 6.04. The number of hydrogen-bond acceptors (Lipinski definition) is 4. The number of benzene rings is 2. The van der Waals surface area contributed by atoms with Crippen molar-refractivity contribution in [3.63, 3.8) is 0 Å². The van der Waals surface area contributed by atoms with Crippen molar-refractivity contribution in [2.75, 3.05) is 17.7 Å². The Kier molecular flexibility index (Phi) is 4.52. The average Bonchev–Trinajstić information content (AvgIpc) is 3.23. The van der Waals surface area contributed by atoms with E-state index in [1.807, 2.05) is 24.3 Å². The summed E-state index contributed by atoms with van der Waals surface area (Å²) in [7, 11) is 1.59. The quantitative estimate of drug-likeness (QED) is 0.712. The molecule has 1 aromatic heterocycles. The molecule has 142 valence electrons. The highest BCUT2D eigenvalue weighted by Gasteiger charge is 2.35. The zero-order valence-corrected chi connectivity index (χ0v) is 15.0. The number of rotatable bonds is 5. The Morgan fingerprint density at radius 2 is 1.93 bits per heavy atom. The lowest BCUT2D eigenvalue weighted by Gasteiger charge is -2.09. The monoisotopic (exact) mass is 380 g/mol. The Balaban J connectivity index is 1.52. The minimum absolute atomic E-state index is 0.0834. The van der Waals surface area contributed by atoms with Gasteiger partial charge in [-0.25, -0.2) is 9.07 Å². The fourth-order valence-electron chi connectivity index (χ4n) is 3.12. The number of nitrogens with zero attached hydrogens (tertiary/aromatic N) is 2. The highest BCUT2D eigenvalue weighted by atomic mass is 19.1. The summed E-state index contributed by atoms with van der Waals surface area (Å²) >= 11 is 0. The molecule has 0 aliphatic carbocycles. The minimum atomic E-state index is -0.748. The third-order valence-electron chi connectivity index (χ3n) is 4.54. The van der Waals surface area contributed by atoms with E-state index in [9.17, 15) is 14.0 Å². The second-order valence-electron chi connectivity index (χ2n) is 6.34. The lowest BCUT2D eigenvalue weighted by molar-refractivity contribution is -0.123. The molecular weight excluding hydrogens is 363 g/mol. The summed E-state index contributed by atoms with van der Waals surface area (Å²) in [6, 6.07) is 12.1. The van der Waals surface area contributed by atoms with Gasteiger partial charge in [0.2, 0.25) is 5.91 Å². The smallest absolute Gasteiger partial charge is 0.251 e. The summed E-state index contributed by atoms with van der Waals surface area (Å²) in [5, 5.41) is 9.75. The number of carbonyl (C=O) groups excluding carboxylic acids is 2. The second-order valence-corrected chi connectivity index (χ2v) is 6.34. The molecule has 28 heavy (non-hydrogen) atoms. The van der Waals surface area contributed by atoms with E-state index < -0.39 is 6.04 Å². The summed E-state index contributed by atoms with van der Waals surface area (Å²) in [5.74, 6) is 0.232. The Hall–Kier alpha value is -3.68. The van der Waals surface area contributed by atoms with Crippen molar-refractivity contribution in [1.82, 2.24) is 9.78 Å². The fourth-order valence-corrected chi connectivity index (χ4v) is 3.12. The van der Waals surface area contributed by atoms with Gasteiger partial charge in [-0.3, -0.25) is 9.59 Å². The van der Waals surface area contributed by atoms with Gasteiger partial charge in [0, 0.05) is 11.3 Å². The van der Waals surface area contributed by atoms with Gasteiger partial charge in [-0.05, 0) is 42.0 Å². The SMILES string of the molecule is COc1ccc(-c2cnn3c2NC(=O)C3CC(=O)Nc2ccc(F)cc2)cc1. The Morgan fingerprint density at radius 1 is 1.21 bits per heavy atom. The highest BCUT2D eigenvalue weighted by Crippen LogP contribution is 2.36. The van der Waals surface area contributed by atoms with Crippen LogP contribution in [-0.2, 0) is 9.59 Å². The number of aromatic nitrogens is 2. The van der Waals surface area contributed by atoms with Crippen LogP contribution in [0.3, 0.4) is 0 Å². The van der Waals surface area contributed by atoms with Gasteiger partial charge < -0.3 is 15.4 Å². The van der Waals surface area contributed by atoms with Gasteiger partial charge in [0.25, 0.3) is 5.91 Å². The molecule has 2 amide bonds. The molecule has 3 aromatic rings. The van der Waals surface area contributed by atoms with Gasteiger partial charge in [-0.15, -0.1) is 0 Å². The standard InChI is InChI=1S/C20H17FN4O3/c1-28-15-8-2-12(3-9-15)16-11-22-25-17(20(27)24-19(16)25)10-18(26)23-14-6-4-13(21)5-7-14/h2-9,11,17H,10H2,1H3,(H,23,26)(H,24,27). The molecule has 0 bridgehead atoms. The molecule has 1 aliphatic heterocycles. The first-order chi connectivity index (χ1) is 13.5. The first-order valence-corrected chi connectivity index (χ1v) is 8.63. The largest absolute Gasteiger partial charge is 0.497 e. The molecule has 0 saturated carbocycles. The molecule has 8 heteroatoms. The Bertz CT molecular complexity index is 1030. The number of nitrogens with one attached hydrogen (secondary N) is 2. The summed E-state index contributed by atoms with van der Waals surface area (Å²) in [5.41, 5.74) is 2.10. The first kappa shape index (κ1) is 17.7. The van der Waals surface area contributed by atoms with Crippen LogP contribution in [0.2, 0.25) is 0 Å². The van der Waals surface area contributed by atoms with Gasteiger partial charge in [-0.1, -0.05) is 12.1 Å². The van der Waals surface area contributed by atoms with Crippen molar-refractivity contribution in [3.05, 3.63) is 60.5 Å². The number of halogens is 1. The van der Waals surface area contributed by atoms with E-state index in [1.165, 1.54) is 28.9 Å². The van der Waals surface area contributed by atoms with Gasteiger partial charge in [0.05, 0.1) is 19.7 Å². The van der Waals surface area contributed by atoms with Crippen molar-refractivity contribution in [2.45, 2.75) is 12.5 Å². The number of anilines is 2. The van der Waals surface area contributed by atoms with E-state index in [0.717, 1.165) is 16.9 Å². The van der Waals surface area contributed by atoms with Crippen LogP contribution in [-0.4, -0.2) is 28.7 Å². The number of ether oxygens (including phenoxy) is 1. The molecule has 7 nitrogen and oxygen atoms in total. The van der Waals surface area contributed by atoms with E-state index in [0.29, 0.717) is 11.5 Å². The molecule has 2 aromatic carbocycles. The summed E-state index contributed by atoms with van der Waals surface area (Å²) in [6.45, 7) is 0. The van der Waals surface area contributed by atoms with Gasteiger partial charge in [0.1, 0.15) is 23.4 Å². The second kappa shape index (κ2) is 7.15. The predicted molar refractivity (Wildman–Crippen MR) is 102 cm³/mol. The van der Waals surface area contributed by atoms with E-state index in [2.05, 4.69) is 15.7 Å². The summed E-state index contributed by atoms with van der Waals surface area (Å²) in [4.78, 5) is 24.7. The first-order valence-electron chi connectivity index (χ1n) is 8.63. The zero-order chi connectivity index (χ0) is 19.7. The van der Waals surface area contributed by atoms with Crippen molar-refractivity contribution >= 4 is 23.3 Å². The molecule has 1 atom stereocenters. The van der Waals surface area contributed by atoms with Crippen LogP contribution < -0.4 is 15.4 Å². The van der Waals surface area contributed by atoms with Crippen LogP contribution in [0.4, 0.5) is 15.9 Å². The number of carbonyl (C=O) groups is 2. The normalized spacial score (nSPS) is 15.1. The molecule has 0 saturated heterocycles. The van der Waals surface area contributed by atoms with E-state index >= 15 is 0 Å². The third kappa shape index (κ3) is 3.32. The minimum Gasteiger partial charge on any atom is -0.497 e. The van der Waals surface area contributed by atoms with Crippen LogP contribution in [0.25, 0.3) is 11.1 Å². The molecular formula is C20H17FN4O3. The Morgan fingerprint density at radius 3 is 2.61 bits per heavy atom. The Labute approximate surface area is 160 Å². The molecule has 2 heterocycles. The maximum absolute atomic E-state index is 13.0. The van der Waals surface area contributed by atoms with Gasteiger partial charge in [-0.2, -0.15) is 5.10 Å². The average molecular weight is 380 g/mol. The van der Waals surface area contributed by atoms with Crippen LogP contribution in [0.15, 0.2) is 54.7 Å². The lowest BCUT2D eigenvalue weighted by atomic mass is 10.1. The van der Waals surface area contributed by atoms with Crippen LogP contribution >= 0.6 is 0 Å². The van der Waals surface area contributed by atoms with Crippen molar-refractivity contribution in [2.24, 2.45) is 0 Å². The van der Waals surface area contributed by atoms with Gasteiger partial charge >= 0.3 is 0 Å². The molecule has 4 rings (SSSR count). The summed E-state index contributed by atoms with van der Waals surface area (Å²) in [6.07, 6.45) is 1.57. The van der Waals surface area contributed by atoms with Crippen molar-refractivity contribution < 1.29 is 18.7 Å². The van der Waals surface area contributed by atoms with Gasteiger partial charge in [0.15, 0.2) is 0 Å². The molecule has 0 fully saturated rings. The van der Waals surface area contributed by atoms with Crippen molar-refractivity contribution in [1.29, 1.82) is 0 Å². The number of hydrogen-bond donors (Lipinski definition) is 2. The molecule has 1 aliphatic rings. The molecule has 0 spiro atoms. The van der Waals surface area contributed by atoms with Crippen LogP contribution in [0.5, 0.6) is 5.75 Å². The molecule has 0 radical (unpaired) electrons. The third-order valence-corrected chi connectivity index (χ3v) is 4.54. The zero-order valence-electron chi connectivity index (χ0n) is 15.0. The van der Waals surface area contributed by atoms with E-state index in [1.54, 1.807) is 13.3 Å². The fraction of sp³-hybridized carbons (Fsp3) is 0.150. The lowest BCUT2D eigenvalue weighted by Crippen LogP contribution is -2.23. The maximum Gasteiger partial charge on any atom is 0.251 e. The predicted octanol–water partition coefficient (Wildman–Crippen LogP) is 3.22.